The molecule has 0 bridgehead atoms. The van der Waals surface area contributed by atoms with Crippen molar-refractivity contribution in [2.75, 3.05) is 10.8 Å². The van der Waals surface area contributed by atoms with E-state index in [0.717, 1.165) is 16.9 Å². The number of amides is 1. The van der Waals surface area contributed by atoms with Gasteiger partial charge in [0.05, 0.1) is 45.7 Å². The van der Waals surface area contributed by atoms with Gasteiger partial charge in [-0.1, -0.05) is 36.4 Å². The van der Waals surface area contributed by atoms with Gasteiger partial charge in [0.1, 0.15) is 6.54 Å². The Hall–Kier alpha value is -4.99. The zero-order valence-electron chi connectivity index (χ0n) is 21.5. The number of carboxylic acids is 1. The van der Waals surface area contributed by atoms with Gasteiger partial charge < -0.3 is 15.0 Å². The highest BCUT2D eigenvalue weighted by Gasteiger charge is 2.28. The molecule has 12 heteroatoms. The lowest BCUT2D eigenvalue weighted by Crippen LogP contribution is -2.31. The quantitative estimate of drug-likeness (QED) is 0.249. The molecule has 5 aromatic rings. The average molecular weight is 586 g/mol. The molecule has 0 radical (unpaired) electrons. The number of imidazole rings is 1. The Balaban J connectivity index is 1.56. The third-order valence-corrected chi connectivity index (χ3v) is 9.18. The number of carboxylic acid groups (broad SMARTS) is 1. The Morgan fingerprint density at radius 1 is 1.05 bits per heavy atom. The second-order valence-electron chi connectivity index (χ2n) is 9.02. The predicted octanol–water partition coefficient (Wildman–Crippen LogP) is 4.23. The predicted molar refractivity (Wildman–Crippen MR) is 154 cm³/mol. The minimum atomic E-state index is -4.07. The first kappa shape index (κ1) is 27.6. The number of aromatic nitrogens is 2. The Bertz CT molecular complexity index is 1870. The molecule has 41 heavy (non-hydrogen) atoms. The van der Waals surface area contributed by atoms with Gasteiger partial charge in [-0.25, -0.2) is 13.4 Å². The van der Waals surface area contributed by atoms with Crippen molar-refractivity contribution in [3.05, 3.63) is 113 Å². The highest BCUT2D eigenvalue weighted by molar-refractivity contribution is 7.92. The van der Waals surface area contributed by atoms with E-state index in [1.165, 1.54) is 16.4 Å². The van der Waals surface area contributed by atoms with Gasteiger partial charge in [0.25, 0.3) is 15.9 Å². The standard InChI is InChI=1S/C29H23N5O5S2/c30-14-20-9-11-21(12-10-20)17-33-19-31-15-22(33)18-34(41(38,39)23-5-2-1-3-6-23)25-7-4-8-26-24(25)13-27(40-26)29(37)32-16-28(35)36/h1-13,15,19H,16-18H2,(H,32,37)(H,35,36). The molecule has 0 aliphatic heterocycles. The molecular weight excluding hydrogens is 562 g/mol. The third-order valence-electron chi connectivity index (χ3n) is 6.30. The number of fused-ring (bicyclic) bond motifs is 1. The number of thiophene rings is 1. The van der Waals surface area contributed by atoms with Crippen LogP contribution in [0.3, 0.4) is 0 Å². The van der Waals surface area contributed by atoms with Gasteiger partial charge in [-0.15, -0.1) is 11.3 Å². The molecule has 2 N–H and O–H groups in total. The van der Waals surface area contributed by atoms with Gasteiger partial charge in [-0.2, -0.15) is 5.26 Å². The first-order valence-electron chi connectivity index (χ1n) is 12.3. The maximum absolute atomic E-state index is 14.1. The lowest BCUT2D eigenvalue weighted by Gasteiger charge is -2.26. The molecule has 206 valence electrons. The number of carbonyl (C=O) groups is 2. The highest BCUT2D eigenvalue weighted by atomic mass is 32.2. The van der Waals surface area contributed by atoms with Gasteiger partial charge in [0.2, 0.25) is 0 Å². The van der Waals surface area contributed by atoms with E-state index in [4.69, 9.17) is 10.4 Å². The number of nitrogens with zero attached hydrogens (tertiary/aromatic N) is 4. The van der Waals surface area contributed by atoms with Crippen LogP contribution in [0.2, 0.25) is 0 Å². The Kier molecular flexibility index (Phi) is 7.82. The van der Waals surface area contributed by atoms with Crippen LogP contribution < -0.4 is 9.62 Å². The molecule has 10 nitrogen and oxygen atoms in total. The first-order chi connectivity index (χ1) is 19.8. The van der Waals surface area contributed by atoms with Gasteiger partial charge in [0.15, 0.2) is 0 Å². The SMILES string of the molecule is N#Cc1ccc(Cn2cncc2CN(c2cccc3sc(C(=O)NCC(=O)O)cc23)S(=O)(=O)c2ccccc2)cc1. The van der Waals surface area contributed by atoms with E-state index in [0.29, 0.717) is 33.6 Å². The maximum Gasteiger partial charge on any atom is 0.322 e. The van der Waals surface area contributed by atoms with E-state index in [2.05, 4.69) is 16.4 Å². The minimum absolute atomic E-state index is 0.0526. The molecule has 5 rings (SSSR count). The van der Waals surface area contributed by atoms with Crippen molar-refractivity contribution in [2.24, 2.45) is 0 Å². The van der Waals surface area contributed by atoms with Crippen LogP contribution in [0.25, 0.3) is 10.1 Å². The van der Waals surface area contributed by atoms with Crippen LogP contribution in [0, 0.1) is 11.3 Å². The number of nitriles is 1. The molecule has 2 heterocycles. The number of carbonyl (C=O) groups excluding carboxylic acids is 1. The molecule has 0 unspecified atom stereocenters. The second kappa shape index (κ2) is 11.6. The van der Waals surface area contributed by atoms with Crippen LogP contribution in [0.15, 0.2) is 96.3 Å². The van der Waals surface area contributed by atoms with Crippen molar-refractivity contribution in [1.29, 1.82) is 5.26 Å². The van der Waals surface area contributed by atoms with Crippen molar-refractivity contribution >= 4 is 49.0 Å². The lowest BCUT2D eigenvalue weighted by atomic mass is 10.1. The summed E-state index contributed by atoms with van der Waals surface area (Å²) in [6.45, 7) is -0.169. The molecule has 0 saturated carbocycles. The summed E-state index contributed by atoms with van der Waals surface area (Å²) in [5, 5.41) is 20.9. The number of anilines is 1. The molecule has 0 fully saturated rings. The topological polar surface area (TPSA) is 145 Å². The monoisotopic (exact) mass is 585 g/mol. The van der Waals surface area contributed by atoms with Gasteiger partial charge in [0, 0.05) is 22.8 Å². The fourth-order valence-electron chi connectivity index (χ4n) is 4.29. The van der Waals surface area contributed by atoms with E-state index in [1.54, 1.807) is 67.1 Å². The summed E-state index contributed by atoms with van der Waals surface area (Å²) in [5.41, 5.74) is 2.45. The molecule has 1 amide bonds. The van der Waals surface area contributed by atoms with E-state index in [-0.39, 0.29) is 16.3 Å². The molecule has 0 spiro atoms. The fraction of sp³-hybridized carbons (Fsp3) is 0.103. The third kappa shape index (κ3) is 5.96. The van der Waals surface area contributed by atoms with Crippen LogP contribution >= 0.6 is 11.3 Å². The Morgan fingerprint density at radius 3 is 2.51 bits per heavy atom. The zero-order valence-corrected chi connectivity index (χ0v) is 23.1. The number of rotatable bonds is 10. The van der Waals surface area contributed by atoms with Gasteiger partial charge in [-0.3, -0.25) is 13.9 Å². The summed E-state index contributed by atoms with van der Waals surface area (Å²) >= 11 is 1.14. The Labute approximate surface area is 239 Å². The molecular formula is C29H23N5O5S2. The summed E-state index contributed by atoms with van der Waals surface area (Å²) in [5.74, 6) is -1.73. The van der Waals surface area contributed by atoms with Crippen LogP contribution in [-0.2, 0) is 27.9 Å². The lowest BCUT2D eigenvalue weighted by molar-refractivity contribution is -0.135. The summed E-state index contributed by atoms with van der Waals surface area (Å²) in [7, 11) is -4.07. The fourth-order valence-corrected chi connectivity index (χ4v) is 6.76. The summed E-state index contributed by atoms with van der Waals surface area (Å²) in [4.78, 5) is 28.2. The van der Waals surface area contributed by atoms with Crippen molar-refractivity contribution in [1.82, 2.24) is 14.9 Å². The average Bonchev–Trinajstić information content (AvgIpc) is 3.62. The molecule has 0 aliphatic rings. The molecule has 2 aromatic heterocycles. The molecule has 3 aromatic carbocycles. The van der Waals surface area contributed by atoms with E-state index < -0.39 is 28.4 Å². The molecule has 0 atom stereocenters. The highest BCUT2D eigenvalue weighted by Crippen LogP contribution is 2.37. The van der Waals surface area contributed by atoms with Crippen molar-refractivity contribution in [3.8, 4) is 6.07 Å². The van der Waals surface area contributed by atoms with E-state index in [1.807, 2.05) is 16.7 Å². The van der Waals surface area contributed by atoms with E-state index >= 15 is 0 Å². The zero-order chi connectivity index (χ0) is 29.0. The number of hydrogen-bond acceptors (Lipinski definition) is 7. The van der Waals surface area contributed by atoms with Crippen molar-refractivity contribution in [3.63, 3.8) is 0 Å². The normalized spacial score (nSPS) is 11.2. The maximum atomic E-state index is 14.1. The van der Waals surface area contributed by atoms with E-state index in [9.17, 15) is 18.0 Å². The number of benzene rings is 3. The minimum Gasteiger partial charge on any atom is -0.480 e. The number of hydrogen-bond donors (Lipinski definition) is 2. The Morgan fingerprint density at radius 2 is 1.80 bits per heavy atom. The number of aliphatic carboxylic acids is 1. The first-order valence-corrected chi connectivity index (χ1v) is 14.6. The smallest absolute Gasteiger partial charge is 0.322 e. The van der Waals surface area contributed by atoms with Crippen molar-refractivity contribution in [2.45, 2.75) is 18.0 Å². The van der Waals surface area contributed by atoms with Crippen LogP contribution in [0.1, 0.15) is 26.5 Å². The van der Waals surface area contributed by atoms with Crippen LogP contribution in [0.5, 0.6) is 0 Å². The number of sulfonamides is 1. The number of nitrogens with one attached hydrogen (secondary N) is 1. The largest absolute Gasteiger partial charge is 0.480 e. The summed E-state index contributed by atoms with van der Waals surface area (Å²) < 4.78 is 32.0. The van der Waals surface area contributed by atoms with Gasteiger partial charge >= 0.3 is 5.97 Å². The van der Waals surface area contributed by atoms with Crippen LogP contribution in [0.4, 0.5) is 5.69 Å². The van der Waals surface area contributed by atoms with Crippen LogP contribution in [-0.4, -0.2) is 41.5 Å². The van der Waals surface area contributed by atoms with Crippen molar-refractivity contribution < 1.29 is 23.1 Å². The molecule has 0 saturated heterocycles. The molecule has 0 aliphatic carbocycles. The second-order valence-corrected chi connectivity index (χ2v) is 12.0. The summed E-state index contributed by atoms with van der Waals surface area (Å²) in [6.07, 6.45) is 3.23. The van der Waals surface area contributed by atoms with Gasteiger partial charge in [-0.05, 0) is 48.0 Å². The summed E-state index contributed by atoms with van der Waals surface area (Å²) in [6, 6.07) is 24.0.